The summed E-state index contributed by atoms with van der Waals surface area (Å²) in [6.45, 7) is 1.61. The van der Waals surface area contributed by atoms with Crippen molar-refractivity contribution in [1.29, 1.82) is 0 Å². The number of nitro benzene ring substituents is 1. The Kier molecular flexibility index (Phi) is 5.38. The highest BCUT2D eigenvalue weighted by Gasteiger charge is 2.11. The van der Waals surface area contributed by atoms with E-state index in [2.05, 4.69) is 4.90 Å². The van der Waals surface area contributed by atoms with Crippen LogP contribution in [0.1, 0.15) is 12.8 Å². The minimum absolute atomic E-state index is 0.0880. The van der Waals surface area contributed by atoms with E-state index in [-0.39, 0.29) is 11.4 Å². The Labute approximate surface area is 106 Å². The highest BCUT2D eigenvalue weighted by molar-refractivity contribution is 5.60. The zero-order valence-corrected chi connectivity index (χ0v) is 10.8. The first kappa shape index (κ1) is 14.2. The molecule has 1 rings (SSSR count). The first-order chi connectivity index (χ1) is 8.50. The van der Waals surface area contributed by atoms with Crippen LogP contribution in [-0.4, -0.2) is 37.1 Å². The summed E-state index contributed by atoms with van der Waals surface area (Å²) in [5.41, 5.74) is 5.61. The molecule has 0 fully saturated rings. The second kappa shape index (κ2) is 6.80. The number of hydrogen-bond donors (Lipinski definition) is 1. The van der Waals surface area contributed by atoms with Gasteiger partial charge in [0, 0.05) is 12.1 Å². The molecule has 0 aliphatic rings. The SMILES string of the molecule is CN(C)CCCCOc1ccc([N+](=O)[O-])c(N)c1. The van der Waals surface area contributed by atoms with E-state index in [0.29, 0.717) is 12.4 Å². The average Bonchev–Trinajstić information content (AvgIpc) is 2.27. The number of anilines is 1. The second-order valence-corrected chi connectivity index (χ2v) is 4.34. The van der Waals surface area contributed by atoms with Gasteiger partial charge >= 0.3 is 0 Å². The Morgan fingerprint density at radius 2 is 2.11 bits per heavy atom. The topological polar surface area (TPSA) is 81.6 Å². The largest absolute Gasteiger partial charge is 0.494 e. The van der Waals surface area contributed by atoms with Crippen molar-refractivity contribution in [3.63, 3.8) is 0 Å². The van der Waals surface area contributed by atoms with Crippen LogP contribution in [0.3, 0.4) is 0 Å². The van der Waals surface area contributed by atoms with Crippen LogP contribution >= 0.6 is 0 Å². The molecule has 18 heavy (non-hydrogen) atoms. The maximum Gasteiger partial charge on any atom is 0.292 e. The molecule has 0 bridgehead atoms. The number of ether oxygens (including phenoxy) is 1. The van der Waals surface area contributed by atoms with E-state index in [1.807, 2.05) is 14.1 Å². The third kappa shape index (κ3) is 4.58. The number of nitrogens with two attached hydrogens (primary N) is 1. The van der Waals surface area contributed by atoms with Crippen LogP contribution in [-0.2, 0) is 0 Å². The predicted molar refractivity (Wildman–Crippen MR) is 70.8 cm³/mol. The molecule has 100 valence electrons. The summed E-state index contributed by atoms with van der Waals surface area (Å²) in [7, 11) is 4.05. The fourth-order valence-electron chi connectivity index (χ4n) is 1.51. The molecule has 1 aromatic carbocycles. The maximum absolute atomic E-state index is 10.6. The summed E-state index contributed by atoms with van der Waals surface area (Å²) in [4.78, 5) is 12.2. The van der Waals surface area contributed by atoms with Crippen molar-refractivity contribution in [3.8, 4) is 5.75 Å². The Hall–Kier alpha value is -1.82. The number of hydrogen-bond acceptors (Lipinski definition) is 5. The molecule has 6 heteroatoms. The predicted octanol–water partition coefficient (Wildman–Crippen LogP) is 1.90. The Morgan fingerprint density at radius 1 is 1.39 bits per heavy atom. The Bertz CT molecular complexity index is 408. The van der Waals surface area contributed by atoms with Gasteiger partial charge in [0.15, 0.2) is 0 Å². The molecule has 2 N–H and O–H groups in total. The molecule has 0 atom stereocenters. The van der Waals surface area contributed by atoms with Crippen molar-refractivity contribution in [3.05, 3.63) is 28.3 Å². The molecular weight excluding hydrogens is 234 g/mol. The molecule has 0 amide bonds. The molecule has 0 aliphatic carbocycles. The number of rotatable bonds is 7. The normalized spacial score (nSPS) is 10.6. The van der Waals surface area contributed by atoms with E-state index >= 15 is 0 Å². The lowest BCUT2D eigenvalue weighted by Gasteiger charge is -2.10. The van der Waals surface area contributed by atoms with Crippen LogP contribution in [0.2, 0.25) is 0 Å². The van der Waals surface area contributed by atoms with Gasteiger partial charge in [0.25, 0.3) is 5.69 Å². The first-order valence-electron chi connectivity index (χ1n) is 5.82. The summed E-state index contributed by atoms with van der Waals surface area (Å²) in [5.74, 6) is 0.572. The van der Waals surface area contributed by atoms with Gasteiger partial charge in [-0.05, 0) is 39.5 Å². The number of unbranched alkanes of at least 4 members (excludes halogenated alkanes) is 1. The van der Waals surface area contributed by atoms with Gasteiger partial charge in [-0.3, -0.25) is 10.1 Å². The van der Waals surface area contributed by atoms with Gasteiger partial charge in [0.1, 0.15) is 11.4 Å². The summed E-state index contributed by atoms with van der Waals surface area (Å²) < 4.78 is 5.48. The molecule has 6 nitrogen and oxygen atoms in total. The molecule has 0 heterocycles. The number of benzene rings is 1. The Balaban J connectivity index is 2.39. The van der Waals surface area contributed by atoms with Gasteiger partial charge < -0.3 is 15.4 Å². The van der Waals surface area contributed by atoms with E-state index in [1.54, 1.807) is 6.07 Å². The van der Waals surface area contributed by atoms with Crippen LogP contribution in [0.5, 0.6) is 5.75 Å². The Morgan fingerprint density at radius 3 is 2.67 bits per heavy atom. The minimum Gasteiger partial charge on any atom is -0.494 e. The van der Waals surface area contributed by atoms with E-state index < -0.39 is 4.92 Å². The van der Waals surface area contributed by atoms with Crippen LogP contribution in [0.25, 0.3) is 0 Å². The second-order valence-electron chi connectivity index (χ2n) is 4.34. The van der Waals surface area contributed by atoms with Crippen molar-refractivity contribution in [2.75, 3.05) is 33.0 Å². The smallest absolute Gasteiger partial charge is 0.292 e. The van der Waals surface area contributed by atoms with Crippen LogP contribution in [0, 0.1) is 10.1 Å². The third-order valence-corrected chi connectivity index (χ3v) is 2.46. The quantitative estimate of drug-likeness (QED) is 0.347. The van der Waals surface area contributed by atoms with Crippen LogP contribution in [0.4, 0.5) is 11.4 Å². The molecule has 1 aromatic rings. The van der Waals surface area contributed by atoms with Crippen LogP contribution < -0.4 is 10.5 Å². The number of nitro groups is 1. The number of nitrogen functional groups attached to an aromatic ring is 1. The van der Waals surface area contributed by atoms with Crippen molar-refractivity contribution >= 4 is 11.4 Å². The van der Waals surface area contributed by atoms with Crippen LogP contribution in [0.15, 0.2) is 18.2 Å². The lowest BCUT2D eigenvalue weighted by atomic mass is 10.2. The summed E-state index contributed by atoms with van der Waals surface area (Å²) in [6, 6.07) is 4.43. The summed E-state index contributed by atoms with van der Waals surface area (Å²) in [5, 5.41) is 10.6. The van der Waals surface area contributed by atoms with Gasteiger partial charge in [-0.2, -0.15) is 0 Å². The maximum atomic E-state index is 10.6. The molecule has 0 unspecified atom stereocenters. The van der Waals surface area contributed by atoms with Crippen molar-refractivity contribution in [2.45, 2.75) is 12.8 Å². The average molecular weight is 253 g/mol. The minimum atomic E-state index is -0.504. The number of nitrogens with zero attached hydrogens (tertiary/aromatic N) is 2. The molecule has 0 saturated carbocycles. The van der Waals surface area contributed by atoms with E-state index in [4.69, 9.17) is 10.5 Å². The van der Waals surface area contributed by atoms with Crippen molar-refractivity contribution in [2.24, 2.45) is 0 Å². The summed E-state index contributed by atoms with van der Waals surface area (Å²) >= 11 is 0. The lowest BCUT2D eigenvalue weighted by molar-refractivity contribution is -0.383. The van der Waals surface area contributed by atoms with E-state index in [0.717, 1.165) is 19.4 Å². The third-order valence-electron chi connectivity index (χ3n) is 2.46. The molecule has 0 saturated heterocycles. The lowest BCUT2D eigenvalue weighted by Crippen LogP contribution is -2.13. The highest BCUT2D eigenvalue weighted by Crippen LogP contribution is 2.25. The van der Waals surface area contributed by atoms with Gasteiger partial charge in [-0.15, -0.1) is 0 Å². The van der Waals surface area contributed by atoms with Gasteiger partial charge in [-0.1, -0.05) is 0 Å². The zero-order chi connectivity index (χ0) is 13.5. The molecule has 0 spiro atoms. The molecular formula is C12H19N3O3. The van der Waals surface area contributed by atoms with Crippen molar-refractivity contribution < 1.29 is 9.66 Å². The zero-order valence-electron chi connectivity index (χ0n) is 10.8. The van der Waals surface area contributed by atoms with Gasteiger partial charge in [0.05, 0.1) is 11.5 Å². The van der Waals surface area contributed by atoms with E-state index in [9.17, 15) is 10.1 Å². The fourth-order valence-corrected chi connectivity index (χ4v) is 1.51. The van der Waals surface area contributed by atoms with Crippen molar-refractivity contribution in [1.82, 2.24) is 4.90 Å². The standard InChI is InChI=1S/C12H19N3O3/c1-14(2)7-3-4-8-18-10-5-6-12(15(16)17)11(13)9-10/h5-6,9H,3-4,7-8,13H2,1-2H3. The first-order valence-corrected chi connectivity index (χ1v) is 5.82. The van der Waals surface area contributed by atoms with Gasteiger partial charge in [0.2, 0.25) is 0 Å². The fraction of sp³-hybridized carbons (Fsp3) is 0.500. The monoisotopic (exact) mass is 253 g/mol. The van der Waals surface area contributed by atoms with Gasteiger partial charge in [-0.25, -0.2) is 0 Å². The molecule has 0 aliphatic heterocycles. The summed E-state index contributed by atoms with van der Waals surface area (Å²) in [6.07, 6.45) is 1.99. The molecule has 0 radical (unpaired) electrons. The highest BCUT2D eigenvalue weighted by atomic mass is 16.6. The van der Waals surface area contributed by atoms with E-state index in [1.165, 1.54) is 12.1 Å². The molecule has 0 aromatic heterocycles.